The number of nitrogens with zero attached hydrogens (tertiary/aromatic N) is 1. The van der Waals surface area contributed by atoms with Crippen LogP contribution in [0, 0.1) is 11.8 Å². The average Bonchev–Trinajstić information content (AvgIpc) is 2.99. The lowest BCUT2D eigenvalue weighted by molar-refractivity contribution is -0.117. The molecule has 0 aliphatic carbocycles. The molecular formula is C15H20ClN3O2. The zero-order valence-electron chi connectivity index (χ0n) is 12.1. The molecule has 1 aromatic carbocycles. The van der Waals surface area contributed by atoms with Crippen molar-refractivity contribution in [1.82, 2.24) is 10.2 Å². The van der Waals surface area contributed by atoms with Gasteiger partial charge in [-0.3, -0.25) is 9.69 Å². The van der Waals surface area contributed by atoms with Crippen LogP contribution in [-0.2, 0) is 4.79 Å². The fourth-order valence-corrected chi connectivity index (χ4v) is 3.49. The SMILES string of the molecule is COc1ccc(NC(=O)CN2C[C@H]3CNC[C@H]3C2)cc1Cl. The standard InChI is InChI=1S/C15H20ClN3O2/c1-21-14-3-2-12(4-13(14)16)18-15(20)9-19-7-10-5-17-6-11(10)8-19/h2-4,10-11,17H,5-9H2,1H3,(H,18,20)/t10-,11+. The smallest absolute Gasteiger partial charge is 0.238 e. The lowest BCUT2D eigenvalue weighted by Crippen LogP contribution is -2.33. The molecule has 6 heteroatoms. The van der Waals surface area contributed by atoms with E-state index in [4.69, 9.17) is 16.3 Å². The molecule has 2 N–H and O–H groups in total. The van der Waals surface area contributed by atoms with Gasteiger partial charge in [0.15, 0.2) is 0 Å². The molecular weight excluding hydrogens is 290 g/mol. The third kappa shape index (κ3) is 3.31. The first-order valence-corrected chi connectivity index (χ1v) is 7.60. The van der Waals surface area contributed by atoms with Gasteiger partial charge in [0.05, 0.1) is 18.7 Å². The molecule has 2 heterocycles. The van der Waals surface area contributed by atoms with Gasteiger partial charge in [-0.25, -0.2) is 0 Å². The van der Waals surface area contributed by atoms with Crippen LogP contribution < -0.4 is 15.4 Å². The lowest BCUT2D eigenvalue weighted by atomic mass is 10.0. The number of benzene rings is 1. The Morgan fingerprint density at radius 1 is 1.43 bits per heavy atom. The molecule has 2 atom stereocenters. The van der Waals surface area contributed by atoms with Crippen LogP contribution in [0.1, 0.15) is 0 Å². The first kappa shape index (κ1) is 14.6. The van der Waals surface area contributed by atoms with Crippen molar-refractivity contribution < 1.29 is 9.53 Å². The minimum atomic E-state index is 0.00386. The number of anilines is 1. The number of carbonyl (C=O) groups excluding carboxylic acids is 1. The second-order valence-electron chi connectivity index (χ2n) is 5.77. The Bertz CT molecular complexity index is 526. The van der Waals surface area contributed by atoms with Gasteiger partial charge in [-0.2, -0.15) is 0 Å². The van der Waals surface area contributed by atoms with Crippen LogP contribution in [0.15, 0.2) is 18.2 Å². The monoisotopic (exact) mass is 309 g/mol. The summed E-state index contributed by atoms with van der Waals surface area (Å²) in [6.45, 7) is 4.62. The highest BCUT2D eigenvalue weighted by Crippen LogP contribution is 2.28. The second kappa shape index (κ2) is 6.22. The molecule has 2 saturated heterocycles. The summed E-state index contributed by atoms with van der Waals surface area (Å²) in [5, 5.41) is 6.79. The van der Waals surface area contributed by atoms with Gasteiger partial charge in [-0.05, 0) is 43.1 Å². The number of halogens is 1. The van der Waals surface area contributed by atoms with Crippen LogP contribution in [0.3, 0.4) is 0 Å². The van der Waals surface area contributed by atoms with Gasteiger partial charge in [0.25, 0.3) is 0 Å². The van der Waals surface area contributed by atoms with Crippen molar-refractivity contribution in [1.29, 1.82) is 0 Å². The zero-order valence-corrected chi connectivity index (χ0v) is 12.8. The van der Waals surface area contributed by atoms with Gasteiger partial charge in [0, 0.05) is 18.8 Å². The lowest BCUT2D eigenvalue weighted by Gasteiger charge is -2.16. The summed E-state index contributed by atoms with van der Waals surface area (Å²) in [5.41, 5.74) is 0.701. The summed E-state index contributed by atoms with van der Waals surface area (Å²) >= 11 is 6.05. The number of fused-ring (bicyclic) bond motifs is 1. The minimum Gasteiger partial charge on any atom is -0.495 e. The molecule has 0 aromatic heterocycles. The minimum absolute atomic E-state index is 0.00386. The van der Waals surface area contributed by atoms with E-state index in [9.17, 15) is 4.79 Å². The fourth-order valence-electron chi connectivity index (χ4n) is 3.23. The van der Waals surface area contributed by atoms with E-state index in [1.807, 2.05) is 0 Å². The van der Waals surface area contributed by atoms with E-state index in [0.29, 0.717) is 34.8 Å². The quantitative estimate of drug-likeness (QED) is 0.884. The highest BCUT2D eigenvalue weighted by Gasteiger charge is 2.36. The summed E-state index contributed by atoms with van der Waals surface area (Å²) in [7, 11) is 1.57. The molecule has 21 heavy (non-hydrogen) atoms. The van der Waals surface area contributed by atoms with Crippen LogP contribution in [0.5, 0.6) is 5.75 Å². The topological polar surface area (TPSA) is 53.6 Å². The molecule has 2 aliphatic rings. The number of hydrogen-bond donors (Lipinski definition) is 2. The Hall–Kier alpha value is -1.30. The van der Waals surface area contributed by atoms with E-state index in [1.165, 1.54) is 0 Å². The number of amides is 1. The van der Waals surface area contributed by atoms with Crippen molar-refractivity contribution in [3.05, 3.63) is 23.2 Å². The summed E-state index contributed by atoms with van der Waals surface area (Å²) in [6, 6.07) is 5.26. The fraction of sp³-hybridized carbons (Fsp3) is 0.533. The number of carbonyl (C=O) groups is 1. The van der Waals surface area contributed by atoms with E-state index >= 15 is 0 Å². The van der Waals surface area contributed by atoms with Crippen molar-refractivity contribution >= 4 is 23.2 Å². The number of hydrogen-bond acceptors (Lipinski definition) is 4. The maximum absolute atomic E-state index is 12.1. The molecule has 0 spiro atoms. The molecule has 5 nitrogen and oxygen atoms in total. The molecule has 0 bridgehead atoms. The number of ether oxygens (including phenoxy) is 1. The summed E-state index contributed by atoms with van der Waals surface area (Å²) in [5.74, 6) is 2.01. The molecule has 0 unspecified atom stereocenters. The second-order valence-corrected chi connectivity index (χ2v) is 6.18. The van der Waals surface area contributed by atoms with E-state index in [1.54, 1.807) is 25.3 Å². The molecule has 1 aromatic rings. The zero-order chi connectivity index (χ0) is 14.8. The average molecular weight is 310 g/mol. The molecule has 3 rings (SSSR count). The normalized spacial score (nSPS) is 24.9. The maximum atomic E-state index is 12.1. The highest BCUT2D eigenvalue weighted by atomic mass is 35.5. The van der Waals surface area contributed by atoms with Gasteiger partial charge in [-0.15, -0.1) is 0 Å². The van der Waals surface area contributed by atoms with E-state index in [0.717, 1.165) is 26.2 Å². The van der Waals surface area contributed by atoms with Crippen LogP contribution in [0.4, 0.5) is 5.69 Å². The van der Waals surface area contributed by atoms with Crippen LogP contribution >= 0.6 is 11.6 Å². The number of rotatable bonds is 4. The summed E-state index contributed by atoms with van der Waals surface area (Å²) in [4.78, 5) is 14.3. The Morgan fingerprint density at radius 2 is 2.14 bits per heavy atom. The largest absolute Gasteiger partial charge is 0.495 e. The molecule has 114 valence electrons. The molecule has 0 saturated carbocycles. The van der Waals surface area contributed by atoms with Crippen LogP contribution in [0.25, 0.3) is 0 Å². The summed E-state index contributed by atoms with van der Waals surface area (Å²) < 4.78 is 5.10. The number of likely N-dealkylation sites (tertiary alicyclic amines) is 1. The third-order valence-electron chi connectivity index (χ3n) is 4.27. The molecule has 1 amide bonds. The molecule has 0 radical (unpaired) electrons. The Morgan fingerprint density at radius 3 is 2.76 bits per heavy atom. The van der Waals surface area contributed by atoms with Crippen LogP contribution in [-0.4, -0.2) is 50.6 Å². The van der Waals surface area contributed by atoms with Gasteiger partial charge >= 0.3 is 0 Å². The Balaban J connectivity index is 1.53. The first-order chi connectivity index (χ1) is 10.2. The Labute approximate surface area is 129 Å². The third-order valence-corrected chi connectivity index (χ3v) is 4.56. The van der Waals surface area contributed by atoms with E-state index in [2.05, 4.69) is 15.5 Å². The first-order valence-electron chi connectivity index (χ1n) is 7.22. The molecule has 2 fully saturated rings. The van der Waals surface area contributed by atoms with Gasteiger partial charge in [0.2, 0.25) is 5.91 Å². The van der Waals surface area contributed by atoms with E-state index < -0.39 is 0 Å². The van der Waals surface area contributed by atoms with Gasteiger partial charge in [-0.1, -0.05) is 11.6 Å². The van der Waals surface area contributed by atoms with Crippen molar-refractivity contribution in [3.63, 3.8) is 0 Å². The van der Waals surface area contributed by atoms with Crippen LogP contribution in [0.2, 0.25) is 5.02 Å². The van der Waals surface area contributed by atoms with Crippen molar-refractivity contribution in [2.24, 2.45) is 11.8 Å². The molecule has 2 aliphatic heterocycles. The van der Waals surface area contributed by atoms with Crippen molar-refractivity contribution in [2.45, 2.75) is 0 Å². The van der Waals surface area contributed by atoms with Gasteiger partial charge < -0.3 is 15.4 Å². The highest BCUT2D eigenvalue weighted by molar-refractivity contribution is 6.32. The van der Waals surface area contributed by atoms with E-state index in [-0.39, 0.29) is 5.91 Å². The van der Waals surface area contributed by atoms with Crippen molar-refractivity contribution in [3.8, 4) is 5.75 Å². The predicted molar refractivity (Wildman–Crippen MR) is 82.9 cm³/mol. The summed E-state index contributed by atoms with van der Waals surface area (Å²) in [6.07, 6.45) is 0. The van der Waals surface area contributed by atoms with Crippen molar-refractivity contribution in [2.75, 3.05) is 45.2 Å². The Kier molecular flexibility index (Phi) is 4.33. The number of nitrogens with one attached hydrogen (secondary N) is 2. The van der Waals surface area contributed by atoms with Gasteiger partial charge in [0.1, 0.15) is 5.75 Å². The number of methoxy groups -OCH3 is 1. The predicted octanol–water partition coefficient (Wildman–Crippen LogP) is 1.44. The maximum Gasteiger partial charge on any atom is 0.238 e.